The van der Waals surface area contributed by atoms with E-state index in [9.17, 15) is 0 Å². The zero-order chi connectivity index (χ0) is 13.0. The van der Waals surface area contributed by atoms with Crippen molar-refractivity contribution in [1.29, 1.82) is 0 Å². The molecule has 0 atom stereocenters. The highest BCUT2D eigenvalue weighted by molar-refractivity contribution is 5.18. The van der Waals surface area contributed by atoms with Gasteiger partial charge < -0.3 is 9.73 Å². The van der Waals surface area contributed by atoms with E-state index in [-0.39, 0.29) is 0 Å². The first kappa shape index (κ1) is 12.9. The van der Waals surface area contributed by atoms with Gasteiger partial charge in [-0.2, -0.15) is 5.10 Å². The fourth-order valence-corrected chi connectivity index (χ4v) is 1.86. The predicted octanol–water partition coefficient (Wildman–Crippen LogP) is 2.58. The van der Waals surface area contributed by atoms with Crippen molar-refractivity contribution in [2.45, 2.75) is 33.9 Å². The molecule has 0 saturated heterocycles. The maximum Gasteiger partial charge on any atom is 0.122 e. The first-order chi connectivity index (χ1) is 8.66. The van der Waals surface area contributed by atoms with Crippen LogP contribution < -0.4 is 5.32 Å². The first-order valence-electron chi connectivity index (χ1n) is 6.41. The van der Waals surface area contributed by atoms with Crippen LogP contribution >= 0.6 is 0 Å². The number of furan rings is 1. The highest BCUT2D eigenvalue weighted by Gasteiger charge is 2.08. The summed E-state index contributed by atoms with van der Waals surface area (Å²) in [4.78, 5) is 0. The molecule has 0 fully saturated rings. The second kappa shape index (κ2) is 5.87. The molecule has 0 aliphatic rings. The van der Waals surface area contributed by atoms with Gasteiger partial charge in [-0.15, -0.1) is 0 Å². The van der Waals surface area contributed by atoms with Crippen molar-refractivity contribution in [3.05, 3.63) is 41.6 Å². The minimum absolute atomic E-state index is 0.650. The van der Waals surface area contributed by atoms with Crippen molar-refractivity contribution in [1.82, 2.24) is 15.1 Å². The Balaban J connectivity index is 1.97. The molecule has 18 heavy (non-hydrogen) atoms. The van der Waals surface area contributed by atoms with Crippen LogP contribution in [0, 0.1) is 12.8 Å². The van der Waals surface area contributed by atoms with Crippen molar-refractivity contribution in [3.8, 4) is 0 Å². The van der Waals surface area contributed by atoms with Gasteiger partial charge in [-0.25, -0.2) is 0 Å². The lowest BCUT2D eigenvalue weighted by Gasteiger charge is -2.08. The molecular formula is C14H21N3O. The van der Waals surface area contributed by atoms with Crippen LogP contribution in [-0.2, 0) is 13.1 Å². The largest absolute Gasteiger partial charge is 0.468 e. The van der Waals surface area contributed by atoms with Crippen LogP contribution in [0.1, 0.15) is 30.9 Å². The molecule has 2 rings (SSSR count). The van der Waals surface area contributed by atoms with Crippen molar-refractivity contribution < 1.29 is 4.42 Å². The molecule has 0 radical (unpaired) electrons. The lowest BCUT2D eigenvalue weighted by molar-refractivity contribution is 0.458. The average molecular weight is 247 g/mol. The van der Waals surface area contributed by atoms with Gasteiger partial charge in [0.05, 0.1) is 19.4 Å². The second-order valence-corrected chi connectivity index (χ2v) is 5.02. The Kier molecular flexibility index (Phi) is 4.20. The molecule has 0 aliphatic carbocycles. The normalized spacial score (nSPS) is 11.3. The van der Waals surface area contributed by atoms with E-state index in [0.717, 1.165) is 31.1 Å². The molecule has 0 bridgehead atoms. The lowest BCUT2D eigenvalue weighted by Crippen LogP contribution is -2.19. The van der Waals surface area contributed by atoms with Crippen LogP contribution in [0.4, 0.5) is 0 Å². The summed E-state index contributed by atoms with van der Waals surface area (Å²) >= 11 is 0. The van der Waals surface area contributed by atoms with Gasteiger partial charge in [-0.1, -0.05) is 13.8 Å². The molecule has 2 aromatic rings. The van der Waals surface area contributed by atoms with E-state index < -0.39 is 0 Å². The van der Waals surface area contributed by atoms with Gasteiger partial charge in [0.1, 0.15) is 5.76 Å². The molecule has 98 valence electrons. The van der Waals surface area contributed by atoms with Crippen molar-refractivity contribution in [2.24, 2.45) is 5.92 Å². The number of aryl methyl sites for hydroxylation is 1. The van der Waals surface area contributed by atoms with E-state index in [0.29, 0.717) is 5.92 Å². The third kappa shape index (κ3) is 3.23. The van der Waals surface area contributed by atoms with Crippen LogP contribution in [0.3, 0.4) is 0 Å². The summed E-state index contributed by atoms with van der Waals surface area (Å²) in [6.07, 6.45) is 3.58. The molecule has 2 heterocycles. The Morgan fingerprint density at radius 3 is 2.89 bits per heavy atom. The molecule has 0 amide bonds. The number of hydrogen-bond acceptors (Lipinski definition) is 3. The highest BCUT2D eigenvalue weighted by atomic mass is 16.3. The van der Waals surface area contributed by atoms with E-state index >= 15 is 0 Å². The molecular weight excluding hydrogens is 226 g/mol. The van der Waals surface area contributed by atoms with E-state index in [4.69, 9.17) is 4.42 Å². The van der Waals surface area contributed by atoms with Gasteiger partial charge in [0.15, 0.2) is 0 Å². The quantitative estimate of drug-likeness (QED) is 0.853. The Bertz CT molecular complexity index is 485. The summed E-state index contributed by atoms with van der Waals surface area (Å²) in [6.45, 7) is 9.01. The van der Waals surface area contributed by atoms with Crippen LogP contribution in [0.2, 0.25) is 0 Å². The van der Waals surface area contributed by atoms with E-state index in [1.165, 1.54) is 5.56 Å². The van der Waals surface area contributed by atoms with Crippen molar-refractivity contribution >= 4 is 0 Å². The molecule has 0 unspecified atom stereocenters. The Hall–Kier alpha value is -1.55. The molecule has 2 aromatic heterocycles. The van der Waals surface area contributed by atoms with E-state index in [1.807, 2.05) is 23.0 Å². The molecule has 0 spiro atoms. The van der Waals surface area contributed by atoms with Gasteiger partial charge in [-0.05, 0) is 31.5 Å². The molecule has 0 aliphatic heterocycles. The van der Waals surface area contributed by atoms with Gasteiger partial charge in [0, 0.05) is 17.5 Å². The minimum Gasteiger partial charge on any atom is -0.468 e. The van der Waals surface area contributed by atoms with Crippen LogP contribution in [-0.4, -0.2) is 16.3 Å². The lowest BCUT2D eigenvalue weighted by atomic mass is 10.2. The summed E-state index contributed by atoms with van der Waals surface area (Å²) < 4.78 is 7.51. The number of rotatable bonds is 6. The van der Waals surface area contributed by atoms with Crippen molar-refractivity contribution in [3.63, 3.8) is 0 Å². The summed E-state index contributed by atoms with van der Waals surface area (Å²) in [6, 6.07) is 4.03. The third-order valence-corrected chi connectivity index (χ3v) is 2.92. The molecule has 0 aromatic carbocycles. The maximum atomic E-state index is 5.53. The van der Waals surface area contributed by atoms with Gasteiger partial charge in [0.25, 0.3) is 0 Å². The fraction of sp³-hybridized carbons (Fsp3) is 0.500. The Morgan fingerprint density at radius 2 is 2.22 bits per heavy atom. The summed E-state index contributed by atoms with van der Waals surface area (Å²) in [5.41, 5.74) is 2.36. The molecule has 4 heteroatoms. The van der Waals surface area contributed by atoms with E-state index in [2.05, 4.69) is 31.2 Å². The molecule has 0 saturated carbocycles. The van der Waals surface area contributed by atoms with Crippen LogP contribution in [0.15, 0.2) is 29.0 Å². The summed E-state index contributed by atoms with van der Waals surface area (Å²) in [7, 11) is 0. The number of nitrogens with one attached hydrogen (secondary N) is 1. The first-order valence-corrected chi connectivity index (χ1v) is 6.41. The average Bonchev–Trinajstić information content (AvgIpc) is 2.90. The highest BCUT2D eigenvalue weighted by Crippen LogP contribution is 2.13. The van der Waals surface area contributed by atoms with Crippen LogP contribution in [0.25, 0.3) is 0 Å². The van der Waals surface area contributed by atoms with E-state index in [1.54, 1.807) is 6.26 Å². The third-order valence-electron chi connectivity index (χ3n) is 2.92. The monoisotopic (exact) mass is 247 g/mol. The Morgan fingerprint density at radius 1 is 1.39 bits per heavy atom. The fourth-order valence-electron chi connectivity index (χ4n) is 1.86. The van der Waals surface area contributed by atoms with Crippen LogP contribution in [0.5, 0.6) is 0 Å². The topological polar surface area (TPSA) is 43.0 Å². The standard InChI is InChI=1S/C14H21N3O/c1-11(2)8-15-9-14-13(5-7-18-14)10-17-12(3)4-6-16-17/h4-7,11,15H,8-10H2,1-3H3. The smallest absolute Gasteiger partial charge is 0.122 e. The summed E-state index contributed by atoms with van der Waals surface area (Å²) in [5, 5.41) is 7.69. The van der Waals surface area contributed by atoms with Gasteiger partial charge >= 0.3 is 0 Å². The maximum absolute atomic E-state index is 5.53. The van der Waals surface area contributed by atoms with Gasteiger partial charge in [0.2, 0.25) is 0 Å². The van der Waals surface area contributed by atoms with Gasteiger partial charge in [-0.3, -0.25) is 4.68 Å². The predicted molar refractivity (Wildman–Crippen MR) is 71.3 cm³/mol. The summed E-state index contributed by atoms with van der Waals surface area (Å²) in [5.74, 6) is 1.65. The number of hydrogen-bond donors (Lipinski definition) is 1. The Labute approximate surface area is 108 Å². The minimum atomic E-state index is 0.650. The zero-order valence-electron chi connectivity index (χ0n) is 11.3. The second-order valence-electron chi connectivity index (χ2n) is 5.02. The molecule has 1 N–H and O–H groups in total. The van der Waals surface area contributed by atoms with Crippen molar-refractivity contribution in [2.75, 3.05) is 6.54 Å². The zero-order valence-corrected chi connectivity index (χ0v) is 11.3. The number of aromatic nitrogens is 2. The SMILES string of the molecule is Cc1ccnn1Cc1ccoc1CNCC(C)C. The number of nitrogens with zero attached hydrogens (tertiary/aromatic N) is 2. The molecule has 4 nitrogen and oxygen atoms in total.